The summed E-state index contributed by atoms with van der Waals surface area (Å²) in [5, 5.41) is 10.4. The number of aryl methyl sites for hydroxylation is 1. The Hall–Kier alpha value is -0.770. The molecule has 1 aromatic carbocycles. The van der Waals surface area contributed by atoms with Crippen molar-refractivity contribution in [2.24, 2.45) is 5.92 Å². The summed E-state index contributed by atoms with van der Waals surface area (Å²) in [6, 6.07) is 5.91. The van der Waals surface area contributed by atoms with E-state index in [1.165, 1.54) is 5.56 Å². The third kappa shape index (κ3) is 4.61. The summed E-state index contributed by atoms with van der Waals surface area (Å²) in [5.41, 5.74) is 1.20. The quantitative estimate of drug-likeness (QED) is 0.773. The lowest BCUT2D eigenvalue weighted by Gasteiger charge is -2.37. The standard InChI is InChI=1S/C17H23Cl2NO2/c1-12-14(17(21)22)6-4-10-20(12)9-3-2-5-13-7-8-15(18)16(19)11-13/h7-8,11-12,14H,2-6,9-10H2,1H3,(H,21,22)/t12-,14-/m1/s1. The lowest BCUT2D eigenvalue weighted by atomic mass is 9.90. The van der Waals surface area contributed by atoms with Crippen molar-refractivity contribution in [2.45, 2.75) is 45.1 Å². The molecule has 0 spiro atoms. The molecule has 2 rings (SSSR count). The Balaban J connectivity index is 1.76. The highest BCUT2D eigenvalue weighted by Gasteiger charge is 2.32. The molecule has 1 aliphatic heterocycles. The summed E-state index contributed by atoms with van der Waals surface area (Å²) < 4.78 is 0. The molecule has 1 aliphatic rings. The van der Waals surface area contributed by atoms with Gasteiger partial charge in [-0.3, -0.25) is 9.69 Å². The summed E-state index contributed by atoms with van der Waals surface area (Å²) in [5.74, 6) is -0.878. The molecule has 1 aromatic rings. The number of hydrogen-bond donors (Lipinski definition) is 1. The minimum atomic E-state index is -0.659. The van der Waals surface area contributed by atoms with E-state index in [2.05, 4.69) is 4.90 Å². The molecule has 0 saturated carbocycles. The number of carboxylic acids is 1. The molecule has 0 bridgehead atoms. The van der Waals surface area contributed by atoms with Crippen LogP contribution in [0, 0.1) is 5.92 Å². The van der Waals surface area contributed by atoms with Gasteiger partial charge in [0.15, 0.2) is 0 Å². The van der Waals surface area contributed by atoms with Crippen molar-refractivity contribution in [1.29, 1.82) is 0 Å². The molecule has 1 heterocycles. The van der Waals surface area contributed by atoms with Crippen LogP contribution in [-0.2, 0) is 11.2 Å². The minimum Gasteiger partial charge on any atom is -0.481 e. The second-order valence-corrected chi connectivity index (χ2v) is 6.88. The van der Waals surface area contributed by atoms with Crippen LogP contribution < -0.4 is 0 Å². The van der Waals surface area contributed by atoms with Gasteiger partial charge in [-0.1, -0.05) is 29.3 Å². The van der Waals surface area contributed by atoms with Crippen molar-refractivity contribution >= 4 is 29.2 Å². The largest absolute Gasteiger partial charge is 0.481 e. The summed E-state index contributed by atoms with van der Waals surface area (Å²) >= 11 is 11.9. The molecule has 1 fully saturated rings. The lowest BCUT2D eigenvalue weighted by molar-refractivity contribution is -0.145. The predicted molar refractivity (Wildman–Crippen MR) is 90.8 cm³/mol. The van der Waals surface area contributed by atoms with Gasteiger partial charge in [-0.05, 0) is 69.8 Å². The molecule has 5 heteroatoms. The van der Waals surface area contributed by atoms with Crippen molar-refractivity contribution in [3.05, 3.63) is 33.8 Å². The summed E-state index contributed by atoms with van der Waals surface area (Å²) in [7, 11) is 0. The van der Waals surface area contributed by atoms with Crippen LogP contribution in [0.15, 0.2) is 18.2 Å². The Morgan fingerprint density at radius 3 is 2.77 bits per heavy atom. The van der Waals surface area contributed by atoms with Gasteiger partial charge in [0.2, 0.25) is 0 Å². The molecular formula is C17H23Cl2NO2. The molecule has 1 N–H and O–H groups in total. The van der Waals surface area contributed by atoms with Crippen molar-refractivity contribution in [3.8, 4) is 0 Å². The Morgan fingerprint density at radius 2 is 2.09 bits per heavy atom. The first kappa shape index (κ1) is 17.6. The van der Waals surface area contributed by atoms with Gasteiger partial charge in [0.25, 0.3) is 0 Å². The predicted octanol–water partition coefficient (Wildman–Crippen LogP) is 4.50. The normalized spacial score (nSPS) is 22.7. The number of likely N-dealkylation sites (tertiary alicyclic amines) is 1. The fraction of sp³-hybridized carbons (Fsp3) is 0.588. The fourth-order valence-electron chi connectivity index (χ4n) is 3.20. The van der Waals surface area contributed by atoms with Crippen LogP contribution in [0.1, 0.15) is 38.2 Å². The Labute approximate surface area is 142 Å². The topological polar surface area (TPSA) is 40.5 Å². The van der Waals surface area contributed by atoms with Gasteiger partial charge in [0, 0.05) is 6.04 Å². The zero-order valence-corrected chi connectivity index (χ0v) is 14.4. The number of aliphatic carboxylic acids is 1. The number of hydrogen-bond acceptors (Lipinski definition) is 2. The van der Waals surface area contributed by atoms with E-state index in [0.717, 1.165) is 45.2 Å². The maximum atomic E-state index is 11.2. The highest BCUT2D eigenvalue weighted by Crippen LogP contribution is 2.25. The van der Waals surface area contributed by atoms with Gasteiger partial charge in [-0.25, -0.2) is 0 Å². The number of nitrogens with zero attached hydrogens (tertiary/aromatic N) is 1. The maximum absolute atomic E-state index is 11.2. The Bertz CT molecular complexity index is 521. The highest BCUT2D eigenvalue weighted by molar-refractivity contribution is 6.42. The van der Waals surface area contributed by atoms with E-state index in [0.29, 0.717) is 10.0 Å². The van der Waals surface area contributed by atoms with Crippen molar-refractivity contribution in [1.82, 2.24) is 4.90 Å². The van der Waals surface area contributed by atoms with Crippen LogP contribution in [0.4, 0.5) is 0 Å². The molecule has 0 unspecified atom stereocenters. The number of rotatable bonds is 6. The number of unbranched alkanes of at least 4 members (excludes halogenated alkanes) is 1. The molecule has 0 radical (unpaired) electrons. The molecule has 3 nitrogen and oxygen atoms in total. The van der Waals surface area contributed by atoms with Gasteiger partial charge >= 0.3 is 5.97 Å². The van der Waals surface area contributed by atoms with Crippen LogP contribution in [0.25, 0.3) is 0 Å². The molecule has 0 aromatic heterocycles. The van der Waals surface area contributed by atoms with E-state index in [1.54, 1.807) is 0 Å². The van der Waals surface area contributed by atoms with Crippen LogP contribution in [0.5, 0.6) is 0 Å². The SMILES string of the molecule is C[C@@H]1[C@H](C(=O)O)CCCN1CCCCc1ccc(Cl)c(Cl)c1. The number of carboxylic acid groups (broad SMARTS) is 1. The molecule has 122 valence electrons. The Kier molecular flexibility index (Phi) is 6.54. The third-order valence-electron chi connectivity index (χ3n) is 4.58. The number of piperidine rings is 1. The number of halogens is 2. The number of benzene rings is 1. The van der Waals surface area contributed by atoms with E-state index in [9.17, 15) is 9.90 Å². The average Bonchev–Trinajstić information content (AvgIpc) is 2.48. The summed E-state index contributed by atoms with van der Waals surface area (Å²) in [6.45, 7) is 4.01. The van der Waals surface area contributed by atoms with Crippen LogP contribution in [0.2, 0.25) is 10.0 Å². The number of carbonyl (C=O) groups is 1. The zero-order chi connectivity index (χ0) is 16.1. The molecule has 1 saturated heterocycles. The second kappa shape index (κ2) is 8.19. The van der Waals surface area contributed by atoms with Crippen molar-refractivity contribution in [2.75, 3.05) is 13.1 Å². The van der Waals surface area contributed by atoms with Crippen LogP contribution in [0.3, 0.4) is 0 Å². The van der Waals surface area contributed by atoms with Crippen LogP contribution in [-0.4, -0.2) is 35.1 Å². The van der Waals surface area contributed by atoms with E-state index >= 15 is 0 Å². The molecule has 0 aliphatic carbocycles. The van der Waals surface area contributed by atoms with Crippen LogP contribution >= 0.6 is 23.2 Å². The van der Waals surface area contributed by atoms with Gasteiger partial charge in [-0.15, -0.1) is 0 Å². The third-order valence-corrected chi connectivity index (χ3v) is 5.32. The Morgan fingerprint density at radius 1 is 1.32 bits per heavy atom. The maximum Gasteiger partial charge on any atom is 0.308 e. The van der Waals surface area contributed by atoms with E-state index in [-0.39, 0.29) is 12.0 Å². The molecule has 22 heavy (non-hydrogen) atoms. The van der Waals surface area contributed by atoms with Crippen molar-refractivity contribution in [3.63, 3.8) is 0 Å². The van der Waals surface area contributed by atoms with Gasteiger partial charge in [0.05, 0.1) is 16.0 Å². The second-order valence-electron chi connectivity index (χ2n) is 6.07. The highest BCUT2D eigenvalue weighted by atomic mass is 35.5. The first-order valence-electron chi connectivity index (χ1n) is 7.90. The van der Waals surface area contributed by atoms with Gasteiger partial charge in [0.1, 0.15) is 0 Å². The monoisotopic (exact) mass is 343 g/mol. The smallest absolute Gasteiger partial charge is 0.308 e. The van der Waals surface area contributed by atoms with Crippen molar-refractivity contribution < 1.29 is 9.90 Å². The van der Waals surface area contributed by atoms with Gasteiger partial charge in [-0.2, -0.15) is 0 Å². The van der Waals surface area contributed by atoms with Gasteiger partial charge < -0.3 is 5.11 Å². The minimum absolute atomic E-state index is 0.135. The fourth-order valence-corrected chi connectivity index (χ4v) is 3.52. The van der Waals surface area contributed by atoms with E-state index in [1.807, 2.05) is 25.1 Å². The zero-order valence-electron chi connectivity index (χ0n) is 12.9. The summed E-state index contributed by atoms with van der Waals surface area (Å²) in [4.78, 5) is 13.6. The molecular weight excluding hydrogens is 321 g/mol. The molecule has 2 atom stereocenters. The van der Waals surface area contributed by atoms with E-state index < -0.39 is 5.97 Å². The summed E-state index contributed by atoms with van der Waals surface area (Å²) in [6.07, 6.45) is 4.89. The average molecular weight is 344 g/mol. The first-order chi connectivity index (χ1) is 10.5. The first-order valence-corrected chi connectivity index (χ1v) is 8.65. The lowest BCUT2D eigenvalue weighted by Crippen LogP contribution is -2.46. The molecule has 0 amide bonds. The van der Waals surface area contributed by atoms with E-state index in [4.69, 9.17) is 23.2 Å².